The van der Waals surface area contributed by atoms with Gasteiger partial charge in [0.2, 0.25) is 0 Å². The van der Waals surface area contributed by atoms with Crippen LogP contribution in [0.4, 0.5) is 0 Å². The molecule has 0 radical (unpaired) electrons. The number of benzene rings is 2. The van der Waals surface area contributed by atoms with Crippen molar-refractivity contribution >= 4 is 17.4 Å². The maximum atomic E-state index is 13.2. The number of furan rings is 1. The molecular weight excluding hydrogens is 446 g/mol. The van der Waals surface area contributed by atoms with Gasteiger partial charge in [-0.25, -0.2) is 0 Å². The normalized spacial score (nSPS) is 17.3. The molecule has 4 rings (SSSR count). The first-order chi connectivity index (χ1) is 16.8. The fourth-order valence-electron chi connectivity index (χ4n) is 4.37. The molecule has 0 saturated carbocycles. The Balaban J connectivity index is 1.80. The monoisotopic (exact) mass is 475 g/mol. The molecule has 2 aromatic carbocycles. The molecule has 7 nitrogen and oxygen atoms in total. The highest BCUT2D eigenvalue weighted by Gasteiger charge is 2.47. The van der Waals surface area contributed by atoms with Gasteiger partial charge in [-0.3, -0.25) is 9.59 Å². The zero-order valence-corrected chi connectivity index (χ0v) is 20.3. The number of nitrogens with zero attached hydrogens (tertiary/aromatic N) is 1. The van der Waals surface area contributed by atoms with Crippen LogP contribution in [0.3, 0.4) is 0 Å². The van der Waals surface area contributed by atoms with E-state index in [2.05, 4.69) is 0 Å². The topological polar surface area (TPSA) is 89.2 Å². The third-order valence-electron chi connectivity index (χ3n) is 6.04. The molecule has 1 N–H and O–H groups in total. The van der Waals surface area contributed by atoms with E-state index in [9.17, 15) is 14.7 Å². The van der Waals surface area contributed by atoms with Gasteiger partial charge in [-0.05, 0) is 66.4 Å². The second kappa shape index (κ2) is 10.1. The number of rotatable bonds is 8. The SMILES string of the molecule is CCOc1cccc(CN2C(=O)C(=O)/C(=C(\O)c3ccc(OC)c(C(C)C)c3)C2c2ccco2)c1. The van der Waals surface area contributed by atoms with Gasteiger partial charge in [0, 0.05) is 12.1 Å². The van der Waals surface area contributed by atoms with Crippen molar-refractivity contribution in [1.29, 1.82) is 0 Å². The average Bonchev–Trinajstić information content (AvgIpc) is 3.46. The van der Waals surface area contributed by atoms with E-state index in [1.54, 1.807) is 37.4 Å². The summed E-state index contributed by atoms with van der Waals surface area (Å²) >= 11 is 0. The van der Waals surface area contributed by atoms with Crippen molar-refractivity contribution in [3.8, 4) is 11.5 Å². The molecule has 35 heavy (non-hydrogen) atoms. The zero-order chi connectivity index (χ0) is 25.1. The molecule has 1 unspecified atom stereocenters. The van der Waals surface area contributed by atoms with Crippen LogP contribution >= 0.6 is 0 Å². The summed E-state index contributed by atoms with van der Waals surface area (Å²) in [4.78, 5) is 27.8. The van der Waals surface area contributed by atoms with E-state index in [-0.39, 0.29) is 23.8 Å². The summed E-state index contributed by atoms with van der Waals surface area (Å²) in [5.41, 5.74) is 2.10. The molecule has 1 aromatic heterocycles. The third-order valence-corrected chi connectivity index (χ3v) is 6.04. The van der Waals surface area contributed by atoms with Crippen molar-refractivity contribution in [3.63, 3.8) is 0 Å². The minimum atomic E-state index is -0.870. The van der Waals surface area contributed by atoms with E-state index in [4.69, 9.17) is 13.9 Å². The minimum absolute atomic E-state index is 0.00853. The van der Waals surface area contributed by atoms with Crippen LogP contribution in [0.15, 0.2) is 70.9 Å². The summed E-state index contributed by atoms with van der Waals surface area (Å²) in [6.07, 6.45) is 1.48. The predicted molar refractivity (Wildman–Crippen MR) is 131 cm³/mol. The lowest BCUT2D eigenvalue weighted by molar-refractivity contribution is -0.140. The van der Waals surface area contributed by atoms with E-state index >= 15 is 0 Å². The molecule has 0 spiro atoms. The van der Waals surface area contributed by atoms with Crippen molar-refractivity contribution in [2.24, 2.45) is 0 Å². The number of aliphatic hydroxyl groups excluding tert-OH is 1. The maximum absolute atomic E-state index is 13.2. The molecule has 0 bridgehead atoms. The third kappa shape index (κ3) is 4.67. The van der Waals surface area contributed by atoms with Crippen molar-refractivity contribution in [2.75, 3.05) is 13.7 Å². The van der Waals surface area contributed by atoms with Gasteiger partial charge in [0.15, 0.2) is 0 Å². The van der Waals surface area contributed by atoms with Gasteiger partial charge in [0.1, 0.15) is 29.1 Å². The predicted octanol–water partition coefficient (Wildman–Crippen LogP) is 5.43. The van der Waals surface area contributed by atoms with E-state index in [1.807, 2.05) is 45.0 Å². The Bertz CT molecular complexity index is 1260. The Morgan fingerprint density at radius 1 is 1.11 bits per heavy atom. The fourth-order valence-corrected chi connectivity index (χ4v) is 4.37. The number of hydrogen-bond acceptors (Lipinski definition) is 6. The number of ether oxygens (including phenoxy) is 2. The molecule has 1 atom stereocenters. The zero-order valence-electron chi connectivity index (χ0n) is 20.3. The number of aliphatic hydroxyl groups is 1. The Labute approximate surface area is 204 Å². The Kier molecular flexibility index (Phi) is 6.96. The first kappa shape index (κ1) is 24.1. The average molecular weight is 476 g/mol. The van der Waals surface area contributed by atoms with Crippen LogP contribution in [0.25, 0.3) is 5.76 Å². The van der Waals surface area contributed by atoms with Crippen molar-refractivity contribution < 1.29 is 28.6 Å². The number of carbonyl (C=O) groups is 2. The molecule has 1 aliphatic heterocycles. The van der Waals surface area contributed by atoms with Gasteiger partial charge in [-0.15, -0.1) is 0 Å². The molecular formula is C28H29NO6. The van der Waals surface area contributed by atoms with Crippen LogP contribution in [0, 0.1) is 0 Å². The van der Waals surface area contributed by atoms with Crippen molar-refractivity contribution in [2.45, 2.75) is 39.3 Å². The van der Waals surface area contributed by atoms with Gasteiger partial charge in [-0.1, -0.05) is 26.0 Å². The molecule has 1 aliphatic rings. The van der Waals surface area contributed by atoms with Crippen LogP contribution in [0.1, 0.15) is 55.2 Å². The lowest BCUT2D eigenvalue weighted by Crippen LogP contribution is -2.29. The van der Waals surface area contributed by atoms with Crippen LogP contribution in [-0.4, -0.2) is 35.4 Å². The highest BCUT2D eigenvalue weighted by molar-refractivity contribution is 6.46. The van der Waals surface area contributed by atoms with Gasteiger partial charge in [-0.2, -0.15) is 0 Å². The lowest BCUT2D eigenvalue weighted by Gasteiger charge is -2.23. The largest absolute Gasteiger partial charge is 0.507 e. The van der Waals surface area contributed by atoms with E-state index in [0.29, 0.717) is 29.4 Å². The molecule has 3 aromatic rings. The number of methoxy groups -OCH3 is 1. The number of likely N-dealkylation sites (tertiary alicyclic amines) is 1. The fraction of sp³-hybridized carbons (Fsp3) is 0.286. The van der Waals surface area contributed by atoms with E-state index < -0.39 is 17.7 Å². The van der Waals surface area contributed by atoms with Crippen molar-refractivity contribution in [1.82, 2.24) is 4.90 Å². The van der Waals surface area contributed by atoms with Crippen LogP contribution in [0.5, 0.6) is 11.5 Å². The minimum Gasteiger partial charge on any atom is -0.507 e. The van der Waals surface area contributed by atoms with Gasteiger partial charge >= 0.3 is 0 Å². The first-order valence-corrected chi connectivity index (χ1v) is 11.6. The van der Waals surface area contributed by atoms with Crippen molar-refractivity contribution in [3.05, 3.63) is 88.9 Å². The lowest BCUT2D eigenvalue weighted by atomic mass is 9.95. The molecule has 2 heterocycles. The molecule has 1 saturated heterocycles. The standard InChI is InChI=1S/C28H29NO6/c1-5-34-20-9-6-8-18(14-20)16-29-25(23-10-7-13-35-23)24(27(31)28(29)32)26(30)19-11-12-22(33-4)21(15-19)17(2)3/h6-15,17,25,30H,5,16H2,1-4H3/b26-24-. The Morgan fingerprint density at radius 3 is 2.57 bits per heavy atom. The smallest absolute Gasteiger partial charge is 0.296 e. The van der Waals surface area contributed by atoms with Gasteiger partial charge in [0.05, 0.1) is 25.6 Å². The van der Waals surface area contributed by atoms with Crippen LogP contribution in [-0.2, 0) is 16.1 Å². The summed E-state index contributed by atoms with van der Waals surface area (Å²) in [6, 6.07) is 15.1. The molecule has 1 amide bonds. The van der Waals surface area contributed by atoms with E-state index in [0.717, 1.165) is 11.1 Å². The molecule has 182 valence electrons. The van der Waals surface area contributed by atoms with Gasteiger partial charge in [0.25, 0.3) is 11.7 Å². The Hall–Kier alpha value is -4.00. The van der Waals surface area contributed by atoms with Crippen LogP contribution < -0.4 is 9.47 Å². The first-order valence-electron chi connectivity index (χ1n) is 11.6. The molecule has 1 fully saturated rings. The number of amides is 1. The summed E-state index contributed by atoms with van der Waals surface area (Å²) in [7, 11) is 1.59. The number of carbonyl (C=O) groups excluding carboxylic acids is 2. The van der Waals surface area contributed by atoms with E-state index in [1.165, 1.54) is 11.2 Å². The molecule has 0 aliphatic carbocycles. The highest BCUT2D eigenvalue weighted by atomic mass is 16.5. The second-order valence-corrected chi connectivity index (χ2v) is 8.63. The maximum Gasteiger partial charge on any atom is 0.296 e. The number of ketones is 1. The summed E-state index contributed by atoms with van der Waals surface area (Å²) < 4.78 is 16.6. The quantitative estimate of drug-likeness (QED) is 0.265. The number of Topliss-reactive ketones (excluding diaryl/α,β-unsaturated/α-hetero) is 1. The van der Waals surface area contributed by atoms with Gasteiger partial charge < -0.3 is 23.9 Å². The Morgan fingerprint density at radius 2 is 1.91 bits per heavy atom. The summed E-state index contributed by atoms with van der Waals surface area (Å²) in [5.74, 6) is 0.172. The highest BCUT2D eigenvalue weighted by Crippen LogP contribution is 2.41. The van der Waals surface area contributed by atoms with Crippen LogP contribution in [0.2, 0.25) is 0 Å². The molecule has 7 heteroatoms. The second-order valence-electron chi connectivity index (χ2n) is 8.63. The summed E-state index contributed by atoms with van der Waals surface area (Å²) in [5, 5.41) is 11.3. The summed E-state index contributed by atoms with van der Waals surface area (Å²) in [6.45, 7) is 6.58. The number of hydrogen-bond donors (Lipinski definition) is 1.